The summed E-state index contributed by atoms with van der Waals surface area (Å²) < 4.78 is 40.3. The molecule has 4 aromatic carbocycles. The van der Waals surface area contributed by atoms with Crippen molar-refractivity contribution in [2.75, 3.05) is 26.8 Å². The second-order valence-corrected chi connectivity index (χ2v) is 11.2. The number of benzene rings is 4. The van der Waals surface area contributed by atoms with Crippen molar-refractivity contribution in [1.82, 2.24) is 0 Å². The summed E-state index contributed by atoms with van der Waals surface area (Å²) in [5.41, 5.74) is 3.78. The maximum absolute atomic E-state index is 13.0. The van der Waals surface area contributed by atoms with Crippen LogP contribution in [0, 0.1) is 19.8 Å². The molecule has 0 aliphatic carbocycles. The van der Waals surface area contributed by atoms with E-state index in [4.69, 9.17) is 38.0 Å². The van der Waals surface area contributed by atoms with Crippen LogP contribution in [0.15, 0.2) is 97.1 Å². The van der Waals surface area contributed by atoms with Crippen molar-refractivity contribution in [3.8, 4) is 23.0 Å². The summed E-state index contributed by atoms with van der Waals surface area (Å²) in [6, 6.07) is 29.4. The fourth-order valence-electron chi connectivity index (χ4n) is 5.39. The van der Waals surface area contributed by atoms with E-state index < -0.39 is 30.2 Å². The highest BCUT2D eigenvalue weighted by molar-refractivity contribution is 5.76. The predicted octanol–water partition coefficient (Wildman–Crippen LogP) is 6.04. The van der Waals surface area contributed by atoms with E-state index in [1.54, 1.807) is 48.5 Å². The first-order chi connectivity index (χ1) is 22.5. The predicted molar refractivity (Wildman–Crippen MR) is 166 cm³/mol. The first-order valence-corrected chi connectivity index (χ1v) is 15.1. The number of hydrogen-bond acceptors (Lipinski definition) is 10. The average molecular weight is 629 g/mol. The molecule has 0 saturated carbocycles. The van der Waals surface area contributed by atoms with Gasteiger partial charge in [0.15, 0.2) is 6.79 Å². The minimum absolute atomic E-state index is 0.0139. The van der Waals surface area contributed by atoms with Crippen molar-refractivity contribution in [3.63, 3.8) is 0 Å². The molecule has 6 rings (SSSR count). The Morgan fingerprint density at radius 3 is 1.74 bits per heavy atom. The zero-order valence-electron chi connectivity index (χ0n) is 25.6. The minimum Gasteiger partial charge on any atom is -0.468 e. The van der Waals surface area contributed by atoms with Crippen LogP contribution in [0.5, 0.6) is 23.0 Å². The normalized spacial score (nSPS) is 20.9. The Balaban J connectivity index is 0.933. The van der Waals surface area contributed by atoms with Crippen LogP contribution in [0.2, 0.25) is 0 Å². The maximum atomic E-state index is 13.0. The van der Waals surface area contributed by atoms with Crippen molar-refractivity contribution in [2.24, 2.45) is 5.92 Å². The van der Waals surface area contributed by atoms with E-state index in [1.807, 2.05) is 62.4 Å². The van der Waals surface area contributed by atoms with Gasteiger partial charge in [-0.1, -0.05) is 59.7 Å². The molecule has 0 radical (unpaired) electrons. The molecular weight excluding hydrogens is 592 g/mol. The number of fused-ring (bicyclic) bond motifs is 1. The maximum Gasteiger partial charge on any atom is 0.319 e. The smallest absolute Gasteiger partial charge is 0.319 e. The number of carbonyl (C=O) groups excluding carboxylic acids is 1. The highest BCUT2D eigenvalue weighted by Crippen LogP contribution is 2.34. The quantitative estimate of drug-likeness (QED) is 0.0619. The van der Waals surface area contributed by atoms with Crippen molar-refractivity contribution in [3.05, 3.63) is 119 Å². The van der Waals surface area contributed by atoms with Gasteiger partial charge in [-0.15, -0.1) is 0 Å². The van der Waals surface area contributed by atoms with Gasteiger partial charge in [-0.05, 0) is 73.5 Å². The van der Waals surface area contributed by atoms with E-state index in [9.17, 15) is 10.1 Å². The zero-order chi connectivity index (χ0) is 31.9. The average Bonchev–Trinajstić information content (AvgIpc) is 3.68. The van der Waals surface area contributed by atoms with Crippen molar-refractivity contribution < 1.29 is 48.1 Å². The molecule has 4 unspecified atom stereocenters. The molecule has 2 saturated heterocycles. The monoisotopic (exact) mass is 628 g/mol. The molecule has 46 heavy (non-hydrogen) atoms. The third-order valence-corrected chi connectivity index (χ3v) is 8.00. The van der Waals surface area contributed by atoms with Gasteiger partial charge in [0.1, 0.15) is 53.3 Å². The number of carbonyl (C=O) groups is 1. The van der Waals surface area contributed by atoms with Crippen LogP contribution < -0.4 is 18.9 Å². The Hall–Kier alpha value is -4.45. The van der Waals surface area contributed by atoms with E-state index >= 15 is 0 Å². The summed E-state index contributed by atoms with van der Waals surface area (Å²) in [6.07, 6.45) is -1.94. The Labute approximate surface area is 267 Å². The zero-order valence-corrected chi connectivity index (χ0v) is 25.6. The summed E-state index contributed by atoms with van der Waals surface area (Å²) in [5, 5.41) is 9.51. The van der Waals surface area contributed by atoms with E-state index in [1.165, 1.54) is 0 Å². The van der Waals surface area contributed by atoms with Crippen molar-refractivity contribution in [1.29, 1.82) is 0 Å². The topological polar surface area (TPSA) is 111 Å². The number of aryl methyl sites for hydroxylation is 2. The van der Waals surface area contributed by atoms with Gasteiger partial charge in [-0.25, -0.2) is 4.89 Å². The second kappa shape index (κ2) is 14.8. The van der Waals surface area contributed by atoms with Crippen LogP contribution in [-0.2, 0) is 23.9 Å². The van der Waals surface area contributed by atoms with Gasteiger partial charge < -0.3 is 33.2 Å². The molecule has 1 N–H and O–H groups in total. The van der Waals surface area contributed by atoms with Crippen LogP contribution in [-0.4, -0.2) is 56.3 Å². The first kappa shape index (κ1) is 31.5. The summed E-state index contributed by atoms with van der Waals surface area (Å²) in [4.78, 5) is 17.8. The fourth-order valence-corrected chi connectivity index (χ4v) is 5.39. The lowest BCUT2D eigenvalue weighted by molar-refractivity contribution is -0.270. The molecule has 2 aliphatic heterocycles. The summed E-state index contributed by atoms with van der Waals surface area (Å²) in [7, 11) is 0. The van der Waals surface area contributed by atoms with Crippen LogP contribution in [0.4, 0.5) is 0 Å². The lowest BCUT2D eigenvalue weighted by Crippen LogP contribution is -2.35. The largest absolute Gasteiger partial charge is 0.468 e. The summed E-state index contributed by atoms with van der Waals surface area (Å²) in [6.45, 7) is 4.52. The molecule has 0 bridgehead atoms. The fraction of sp³-hybridized carbons (Fsp3) is 0.306. The molecule has 5 atom stereocenters. The van der Waals surface area contributed by atoms with E-state index in [0.29, 0.717) is 22.8 Å². The van der Waals surface area contributed by atoms with E-state index in [0.717, 1.165) is 22.4 Å². The van der Waals surface area contributed by atoms with Crippen LogP contribution in [0.1, 0.15) is 28.4 Å². The molecule has 0 aromatic heterocycles. The molecule has 240 valence electrons. The third kappa shape index (κ3) is 7.67. The Morgan fingerprint density at radius 2 is 1.15 bits per heavy atom. The van der Waals surface area contributed by atoms with Gasteiger partial charge in [-0.3, -0.25) is 10.1 Å². The third-order valence-electron chi connectivity index (χ3n) is 8.00. The van der Waals surface area contributed by atoms with Gasteiger partial charge in [-0.2, -0.15) is 0 Å². The van der Waals surface area contributed by atoms with Crippen molar-refractivity contribution >= 4 is 5.97 Å². The van der Waals surface area contributed by atoms with Crippen LogP contribution >= 0.6 is 0 Å². The molecule has 2 aliphatic rings. The van der Waals surface area contributed by atoms with Gasteiger partial charge in [0.25, 0.3) is 0 Å². The summed E-state index contributed by atoms with van der Waals surface area (Å²) >= 11 is 0. The SMILES string of the molecule is Cc1ccc(OCOc2ccc(OCO[C@@H]3COC4C(C(=O)Oc5ccc(C(OO)c6ccc(C)cc6)cc5)COC43)cc2)cc1. The number of hydrogen-bond donors (Lipinski definition) is 1. The lowest BCUT2D eigenvalue weighted by atomic mass is 10.0. The molecule has 10 heteroatoms. The van der Waals surface area contributed by atoms with Crippen LogP contribution in [0.25, 0.3) is 0 Å². The molecule has 2 fully saturated rings. The molecule has 0 spiro atoms. The Morgan fingerprint density at radius 1 is 0.674 bits per heavy atom. The molecule has 2 heterocycles. The van der Waals surface area contributed by atoms with Crippen LogP contribution in [0.3, 0.4) is 0 Å². The number of rotatable bonds is 13. The van der Waals surface area contributed by atoms with Crippen molar-refractivity contribution in [2.45, 2.75) is 38.3 Å². The number of esters is 1. The Bertz CT molecular complexity index is 1550. The van der Waals surface area contributed by atoms with E-state index in [2.05, 4.69) is 0 Å². The van der Waals surface area contributed by atoms with Gasteiger partial charge >= 0.3 is 5.97 Å². The standard InChI is InChI=1S/C36H36O10/c1-23-3-7-25(8-4-23)33(46-38)26-9-13-30(14-10-26)45-36(37)31-19-39-35-32(20-40-34(31)35)44-22-43-29-17-15-28(16-18-29)42-21-41-27-11-5-24(2)6-12-27/h3-18,31-35,38H,19-22H2,1-2H3/t31?,32-,33?,34?,35?/m1/s1. The molecule has 10 nitrogen and oxygen atoms in total. The molecule has 0 amide bonds. The Kier molecular flexibility index (Phi) is 10.1. The summed E-state index contributed by atoms with van der Waals surface area (Å²) in [5.74, 6) is 1.32. The highest BCUT2D eigenvalue weighted by atomic mass is 17.1. The lowest BCUT2D eigenvalue weighted by Gasteiger charge is -2.17. The highest BCUT2D eigenvalue weighted by Gasteiger charge is 2.51. The molecular formula is C36H36O10. The minimum atomic E-state index is -0.662. The second-order valence-electron chi connectivity index (χ2n) is 11.2. The number of ether oxygens (including phenoxy) is 7. The van der Waals surface area contributed by atoms with Gasteiger partial charge in [0.2, 0.25) is 6.79 Å². The van der Waals surface area contributed by atoms with Gasteiger partial charge in [0, 0.05) is 0 Å². The van der Waals surface area contributed by atoms with Gasteiger partial charge in [0.05, 0.1) is 13.2 Å². The first-order valence-electron chi connectivity index (χ1n) is 15.1. The van der Waals surface area contributed by atoms with E-state index in [-0.39, 0.29) is 32.9 Å². The molecule has 4 aromatic rings.